The highest BCUT2D eigenvalue weighted by atomic mass is 35.5. The number of imidazole rings is 1. The number of hydrogen-bond donors (Lipinski definition) is 1. The van der Waals surface area contributed by atoms with Crippen molar-refractivity contribution in [3.8, 4) is 22.9 Å². The van der Waals surface area contributed by atoms with Crippen LogP contribution in [0.25, 0.3) is 15.9 Å². The summed E-state index contributed by atoms with van der Waals surface area (Å²) in [4.78, 5) is 20.3. The zero-order chi connectivity index (χ0) is 30.1. The van der Waals surface area contributed by atoms with Gasteiger partial charge in [-0.25, -0.2) is 9.97 Å². The van der Waals surface area contributed by atoms with E-state index in [4.69, 9.17) is 25.8 Å². The Hall–Kier alpha value is -3.12. The van der Waals surface area contributed by atoms with E-state index in [1.807, 2.05) is 22.9 Å². The van der Waals surface area contributed by atoms with Crippen LogP contribution in [0.15, 0.2) is 30.7 Å². The second-order valence-electron chi connectivity index (χ2n) is 10.2. The van der Waals surface area contributed by atoms with Crippen molar-refractivity contribution in [3.05, 3.63) is 40.9 Å². The molecule has 1 N–H and O–H groups in total. The summed E-state index contributed by atoms with van der Waals surface area (Å²) < 4.78 is 18.2. The standard InChI is InChI=1S/C24H28ClN7O3S.C6H14/c1-30-5-7-31(8-6-30)12-16-11-17-22(28-24(25)29-23(17)36-16)27-20-13-32(14-26-20)15-9-18(33-2)21(35-4)19(10-15)34-3;1-3-5-6-4-2/h9-11,13-14H,5-8,12H2,1-4H3,(H,27,28,29);3-6H2,1-2H3. The predicted octanol–water partition coefficient (Wildman–Crippen LogP) is 6.63. The molecule has 0 bridgehead atoms. The highest BCUT2D eigenvalue weighted by molar-refractivity contribution is 7.18. The number of aromatic nitrogens is 4. The normalized spacial score (nSPS) is 14.0. The van der Waals surface area contributed by atoms with Crippen molar-refractivity contribution in [2.45, 2.75) is 46.1 Å². The van der Waals surface area contributed by atoms with Gasteiger partial charge < -0.3 is 29.0 Å². The molecule has 1 aliphatic rings. The Morgan fingerprint density at radius 3 is 2.19 bits per heavy atom. The van der Waals surface area contributed by atoms with E-state index in [9.17, 15) is 0 Å². The number of nitrogens with zero attached hydrogens (tertiary/aromatic N) is 6. The minimum Gasteiger partial charge on any atom is -0.493 e. The molecule has 0 amide bonds. The Labute approximate surface area is 257 Å². The van der Waals surface area contributed by atoms with E-state index in [0.29, 0.717) is 28.9 Å². The third-order valence-corrected chi connectivity index (χ3v) is 8.31. The number of benzene rings is 1. The number of thiophene rings is 1. The maximum absolute atomic E-state index is 6.27. The van der Waals surface area contributed by atoms with Crippen LogP contribution < -0.4 is 19.5 Å². The van der Waals surface area contributed by atoms with E-state index in [1.54, 1.807) is 39.0 Å². The van der Waals surface area contributed by atoms with Gasteiger partial charge in [-0.05, 0) is 24.7 Å². The Balaban J connectivity index is 0.000000612. The van der Waals surface area contributed by atoms with Gasteiger partial charge in [0.15, 0.2) is 11.5 Å². The molecule has 5 rings (SSSR count). The van der Waals surface area contributed by atoms with Crippen molar-refractivity contribution in [2.75, 3.05) is 59.9 Å². The van der Waals surface area contributed by atoms with Gasteiger partial charge in [0.2, 0.25) is 11.0 Å². The summed E-state index contributed by atoms with van der Waals surface area (Å²) in [6.07, 6.45) is 9.10. The fraction of sp³-hybridized carbons (Fsp3) is 0.500. The van der Waals surface area contributed by atoms with E-state index in [0.717, 1.165) is 48.6 Å². The van der Waals surface area contributed by atoms with E-state index in [1.165, 1.54) is 30.6 Å². The molecule has 1 aromatic carbocycles. The van der Waals surface area contributed by atoms with Crippen molar-refractivity contribution in [3.63, 3.8) is 0 Å². The number of fused-ring (bicyclic) bond motifs is 1. The molecule has 0 radical (unpaired) electrons. The van der Waals surface area contributed by atoms with Gasteiger partial charge in [-0.2, -0.15) is 4.98 Å². The molecule has 0 unspecified atom stereocenters. The fourth-order valence-electron chi connectivity index (χ4n) is 4.71. The van der Waals surface area contributed by atoms with Crippen molar-refractivity contribution < 1.29 is 14.2 Å². The lowest BCUT2D eigenvalue weighted by Crippen LogP contribution is -2.43. The van der Waals surface area contributed by atoms with Gasteiger partial charge in [0.25, 0.3) is 0 Å². The number of rotatable bonds is 11. The maximum Gasteiger partial charge on any atom is 0.225 e. The molecule has 1 fully saturated rings. The number of anilines is 2. The molecule has 4 aromatic rings. The van der Waals surface area contributed by atoms with Crippen LogP contribution in [0.4, 0.5) is 11.6 Å². The summed E-state index contributed by atoms with van der Waals surface area (Å²) in [7, 11) is 6.92. The van der Waals surface area contributed by atoms with Crippen LogP contribution in [0.2, 0.25) is 5.28 Å². The largest absolute Gasteiger partial charge is 0.493 e. The van der Waals surface area contributed by atoms with Crippen molar-refractivity contribution in [1.82, 2.24) is 29.3 Å². The van der Waals surface area contributed by atoms with Gasteiger partial charge in [-0.1, -0.05) is 39.5 Å². The third-order valence-electron chi connectivity index (χ3n) is 7.13. The zero-order valence-corrected chi connectivity index (χ0v) is 27.0. The van der Waals surface area contributed by atoms with E-state index < -0.39 is 0 Å². The van der Waals surface area contributed by atoms with Crippen LogP contribution in [0, 0.1) is 0 Å². The number of likely N-dealkylation sites (N-methyl/N-ethyl adjacent to an activating group) is 1. The molecule has 0 saturated carbocycles. The van der Waals surface area contributed by atoms with Crippen LogP contribution in [-0.4, -0.2) is 83.9 Å². The van der Waals surface area contributed by atoms with Gasteiger partial charge in [0.05, 0.1) is 38.6 Å². The second-order valence-corrected chi connectivity index (χ2v) is 11.7. The third kappa shape index (κ3) is 8.03. The lowest BCUT2D eigenvalue weighted by molar-refractivity contribution is 0.149. The first kappa shape index (κ1) is 31.8. The predicted molar refractivity (Wildman–Crippen MR) is 172 cm³/mol. The molecule has 10 nitrogen and oxygen atoms in total. The van der Waals surface area contributed by atoms with Gasteiger partial charge in [-0.3, -0.25) is 4.90 Å². The van der Waals surface area contributed by atoms with Gasteiger partial charge >= 0.3 is 0 Å². The minimum atomic E-state index is 0.196. The van der Waals surface area contributed by atoms with Crippen molar-refractivity contribution >= 4 is 44.8 Å². The monoisotopic (exact) mass is 615 g/mol. The molecule has 1 saturated heterocycles. The van der Waals surface area contributed by atoms with Crippen LogP contribution in [0.3, 0.4) is 0 Å². The topological polar surface area (TPSA) is 89.8 Å². The number of ether oxygens (including phenoxy) is 3. The smallest absolute Gasteiger partial charge is 0.225 e. The summed E-state index contributed by atoms with van der Waals surface area (Å²) in [6.45, 7) is 9.63. The lowest BCUT2D eigenvalue weighted by Gasteiger charge is -2.31. The van der Waals surface area contributed by atoms with E-state index in [2.05, 4.69) is 57.0 Å². The van der Waals surface area contributed by atoms with Gasteiger partial charge in [0.1, 0.15) is 22.8 Å². The fourth-order valence-corrected chi connectivity index (χ4v) is 6.00. The Bertz CT molecular complexity index is 1410. The first-order valence-electron chi connectivity index (χ1n) is 14.4. The summed E-state index contributed by atoms with van der Waals surface area (Å²) in [5.41, 5.74) is 0.806. The van der Waals surface area contributed by atoms with Gasteiger partial charge in [0, 0.05) is 49.7 Å². The molecule has 228 valence electrons. The van der Waals surface area contributed by atoms with Gasteiger partial charge in [-0.15, -0.1) is 11.3 Å². The van der Waals surface area contributed by atoms with Crippen LogP contribution in [0.5, 0.6) is 17.2 Å². The number of unbranched alkanes of at least 4 members (excludes halogenated alkanes) is 3. The number of halogens is 1. The molecule has 0 atom stereocenters. The maximum atomic E-state index is 6.27. The SMILES string of the molecule is CCCCCC.COc1cc(-n2cnc(Nc3nc(Cl)nc4sc(CN5CCN(C)CC5)cc34)c2)cc(OC)c1OC. The number of methoxy groups -OCH3 is 3. The number of hydrogen-bond acceptors (Lipinski definition) is 10. The molecule has 4 heterocycles. The molecule has 3 aromatic heterocycles. The Morgan fingerprint density at radius 2 is 1.60 bits per heavy atom. The van der Waals surface area contributed by atoms with E-state index in [-0.39, 0.29) is 5.28 Å². The number of piperazine rings is 1. The van der Waals surface area contributed by atoms with Crippen LogP contribution in [0.1, 0.15) is 44.4 Å². The zero-order valence-electron chi connectivity index (χ0n) is 25.4. The summed E-state index contributed by atoms with van der Waals surface area (Å²) in [5.74, 6) is 2.90. The average Bonchev–Trinajstić information content (AvgIpc) is 3.63. The van der Waals surface area contributed by atoms with E-state index >= 15 is 0 Å². The molecular weight excluding hydrogens is 574 g/mol. The molecule has 0 spiro atoms. The molecule has 12 heteroatoms. The summed E-state index contributed by atoms with van der Waals surface area (Å²) >= 11 is 7.92. The first-order valence-corrected chi connectivity index (χ1v) is 15.6. The second kappa shape index (κ2) is 15.4. The highest BCUT2D eigenvalue weighted by Gasteiger charge is 2.18. The minimum absolute atomic E-state index is 0.196. The molecule has 0 aliphatic carbocycles. The number of nitrogens with one attached hydrogen (secondary N) is 1. The summed E-state index contributed by atoms with van der Waals surface area (Å²) in [6, 6.07) is 5.86. The Morgan fingerprint density at radius 1 is 0.929 bits per heavy atom. The van der Waals surface area contributed by atoms with Crippen LogP contribution >= 0.6 is 22.9 Å². The van der Waals surface area contributed by atoms with Crippen LogP contribution in [-0.2, 0) is 6.54 Å². The average molecular weight is 616 g/mol. The van der Waals surface area contributed by atoms with Crippen molar-refractivity contribution in [2.24, 2.45) is 0 Å². The highest BCUT2D eigenvalue weighted by Crippen LogP contribution is 2.39. The quantitative estimate of drug-likeness (QED) is 0.147. The molecule has 1 aliphatic heterocycles. The van der Waals surface area contributed by atoms with Crippen molar-refractivity contribution in [1.29, 1.82) is 0 Å². The first-order chi connectivity index (χ1) is 20.4. The summed E-state index contributed by atoms with van der Waals surface area (Å²) in [5, 5.41) is 4.44. The molecule has 42 heavy (non-hydrogen) atoms. The molecular formula is C30H42ClN7O3S. The lowest BCUT2D eigenvalue weighted by atomic mass is 10.2. The Kier molecular flexibility index (Phi) is 11.6.